The summed E-state index contributed by atoms with van der Waals surface area (Å²) in [6.07, 6.45) is 13.7. The van der Waals surface area contributed by atoms with Gasteiger partial charge >= 0.3 is 0 Å². The van der Waals surface area contributed by atoms with Crippen LogP contribution in [0.15, 0.2) is 12.1 Å². The van der Waals surface area contributed by atoms with Crippen molar-refractivity contribution in [2.75, 3.05) is 13.2 Å². The topological polar surface area (TPSA) is 105 Å². The molecule has 1 aromatic carbocycles. The Hall–Kier alpha value is -2.81. The Morgan fingerprint density at radius 3 is 2.28 bits per heavy atom. The highest BCUT2D eigenvalue weighted by Gasteiger charge is 2.50. The van der Waals surface area contributed by atoms with Gasteiger partial charge < -0.3 is 10.1 Å². The molecule has 4 saturated carbocycles. The molecule has 4 bridgehead atoms. The van der Waals surface area contributed by atoms with Crippen LogP contribution in [0.5, 0.6) is 5.75 Å². The van der Waals surface area contributed by atoms with Crippen LogP contribution in [0.1, 0.15) is 104 Å². The number of carbonyl (C=O) groups is 4. The molecular weight excluding hydrogens is 501 g/mol. The van der Waals surface area contributed by atoms with Crippen LogP contribution in [-0.2, 0) is 9.59 Å². The smallest absolute Gasteiger partial charge is 0.266 e. The molecule has 2 N–H and O–H groups in total. The van der Waals surface area contributed by atoms with Crippen molar-refractivity contribution < 1.29 is 28.3 Å². The third kappa shape index (κ3) is 5.22. The Kier molecular flexibility index (Phi) is 7.20. The third-order valence-corrected chi connectivity index (χ3v) is 9.59. The Balaban J connectivity index is 0.945. The van der Waals surface area contributed by atoms with E-state index in [0.717, 1.165) is 73.4 Å². The van der Waals surface area contributed by atoms with Gasteiger partial charge in [-0.25, -0.2) is 4.39 Å². The minimum Gasteiger partial charge on any atom is -0.493 e. The molecule has 8 nitrogen and oxygen atoms in total. The van der Waals surface area contributed by atoms with Crippen LogP contribution < -0.4 is 15.4 Å². The number of carbonyl (C=O) groups excluding carboxylic acids is 4. The van der Waals surface area contributed by atoms with E-state index in [4.69, 9.17) is 4.74 Å². The highest BCUT2D eigenvalue weighted by Crippen LogP contribution is 2.55. The van der Waals surface area contributed by atoms with Crippen LogP contribution >= 0.6 is 0 Å². The minimum absolute atomic E-state index is 0.0122. The lowest BCUT2D eigenvalue weighted by molar-refractivity contribution is -0.136. The van der Waals surface area contributed by atoms with Crippen LogP contribution in [0.2, 0.25) is 0 Å². The predicted octanol–water partition coefficient (Wildman–Crippen LogP) is 4.11. The molecule has 2 aliphatic heterocycles. The van der Waals surface area contributed by atoms with E-state index < -0.39 is 35.5 Å². The summed E-state index contributed by atoms with van der Waals surface area (Å²) in [4.78, 5) is 50.7. The summed E-state index contributed by atoms with van der Waals surface area (Å²) in [5.74, 6) is -0.355. The highest BCUT2D eigenvalue weighted by atomic mass is 19.1. The summed E-state index contributed by atoms with van der Waals surface area (Å²) in [5, 5.41) is 6.12. The predicted molar refractivity (Wildman–Crippen MR) is 141 cm³/mol. The molecule has 6 aliphatic rings. The van der Waals surface area contributed by atoms with Crippen LogP contribution in [0.4, 0.5) is 4.39 Å². The lowest BCUT2D eigenvalue weighted by Crippen LogP contribution is -2.58. The molecule has 2 heterocycles. The van der Waals surface area contributed by atoms with Gasteiger partial charge in [-0.2, -0.15) is 0 Å². The molecular formula is C30H38FN3O5. The van der Waals surface area contributed by atoms with E-state index in [2.05, 4.69) is 10.6 Å². The summed E-state index contributed by atoms with van der Waals surface area (Å²) in [6.45, 7) is 1.39. The molecule has 210 valence electrons. The lowest BCUT2D eigenvalue weighted by atomic mass is 9.53. The van der Waals surface area contributed by atoms with Crippen molar-refractivity contribution >= 4 is 23.6 Å². The van der Waals surface area contributed by atoms with Crippen molar-refractivity contribution in [1.82, 2.24) is 15.5 Å². The molecule has 4 amide bonds. The number of imide groups is 2. The van der Waals surface area contributed by atoms with Crippen molar-refractivity contribution in [3.8, 4) is 5.75 Å². The lowest BCUT2D eigenvalue weighted by Gasteiger charge is -2.57. The van der Waals surface area contributed by atoms with Gasteiger partial charge in [0, 0.05) is 18.0 Å². The maximum Gasteiger partial charge on any atom is 0.266 e. The van der Waals surface area contributed by atoms with Crippen molar-refractivity contribution in [3.05, 3.63) is 29.1 Å². The summed E-state index contributed by atoms with van der Waals surface area (Å²) < 4.78 is 20.1. The molecule has 0 radical (unpaired) electrons. The van der Waals surface area contributed by atoms with Gasteiger partial charge in [-0.3, -0.25) is 29.4 Å². The second kappa shape index (κ2) is 10.6. The van der Waals surface area contributed by atoms with E-state index in [1.54, 1.807) is 0 Å². The van der Waals surface area contributed by atoms with Crippen LogP contribution in [-0.4, -0.2) is 53.3 Å². The van der Waals surface area contributed by atoms with Crippen LogP contribution in [0, 0.1) is 23.6 Å². The number of halogens is 1. The van der Waals surface area contributed by atoms with Gasteiger partial charge in [-0.15, -0.1) is 0 Å². The van der Waals surface area contributed by atoms with Gasteiger partial charge in [-0.1, -0.05) is 19.3 Å². The molecule has 0 spiro atoms. The Bertz CT molecular complexity index is 1150. The average molecular weight is 540 g/mol. The largest absolute Gasteiger partial charge is 0.493 e. The molecule has 7 rings (SSSR count). The molecule has 9 heteroatoms. The molecule has 1 aromatic rings. The van der Waals surface area contributed by atoms with E-state index in [1.165, 1.54) is 38.5 Å². The number of fused-ring (bicyclic) bond motifs is 1. The number of piperidine rings is 1. The Morgan fingerprint density at radius 1 is 0.923 bits per heavy atom. The number of nitrogens with one attached hydrogen (secondary N) is 2. The second-order valence-corrected chi connectivity index (χ2v) is 12.5. The maximum absolute atomic E-state index is 14.3. The number of rotatable bonds is 11. The SMILES string of the molecule is O=C1CCC(N2C(=O)c3cc(F)cc(OCCCCCCCNC45CC6CC(CC(C6)C4)C5)c3C2=O)C(=O)N1. The van der Waals surface area contributed by atoms with Crippen molar-refractivity contribution in [1.29, 1.82) is 0 Å². The van der Waals surface area contributed by atoms with Gasteiger partial charge in [0.1, 0.15) is 17.6 Å². The van der Waals surface area contributed by atoms with Gasteiger partial charge in [0.25, 0.3) is 11.8 Å². The third-order valence-electron chi connectivity index (χ3n) is 9.59. The van der Waals surface area contributed by atoms with Gasteiger partial charge in [0.15, 0.2) is 0 Å². The number of hydrogen-bond acceptors (Lipinski definition) is 6. The van der Waals surface area contributed by atoms with E-state index >= 15 is 0 Å². The van der Waals surface area contributed by atoms with Crippen LogP contribution in [0.25, 0.3) is 0 Å². The van der Waals surface area contributed by atoms with E-state index in [9.17, 15) is 23.6 Å². The van der Waals surface area contributed by atoms with Crippen molar-refractivity contribution in [3.63, 3.8) is 0 Å². The summed E-state index contributed by atoms with van der Waals surface area (Å²) in [6, 6.07) is 1.03. The minimum atomic E-state index is -1.09. The number of ether oxygens (including phenoxy) is 1. The van der Waals surface area contributed by atoms with Gasteiger partial charge in [-0.05, 0) is 88.2 Å². The zero-order valence-corrected chi connectivity index (χ0v) is 22.4. The molecule has 1 unspecified atom stereocenters. The van der Waals surface area contributed by atoms with Gasteiger partial charge in [0.05, 0.1) is 17.7 Å². The second-order valence-electron chi connectivity index (χ2n) is 12.5. The molecule has 5 fully saturated rings. The normalized spacial score (nSPS) is 31.2. The van der Waals surface area contributed by atoms with E-state index in [-0.39, 0.29) is 29.7 Å². The number of nitrogens with zero attached hydrogens (tertiary/aromatic N) is 1. The van der Waals surface area contributed by atoms with Gasteiger partial charge in [0.2, 0.25) is 11.8 Å². The molecule has 1 atom stereocenters. The fourth-order valence-corrected chi connectivity index (χ4v) is 8.26. The van der Waals surface area contributed by atoms with Crippen LogP contribution in [0.3, 0.4) is 0 Å². The summed E-state index contributed by atoms with van der Waals surface area (Å²) in [7, 11) is 0. The first kappa shape index (κ1) is 26.4. The number of amides is 4. The number of benzene rings is 1. The fraction of sp³-hybridized carbons (Fsp3) is 0.667. The quantitative estimate of drug-likeness (QED) is 0.324. The first-order valence-electron chi connectivity index (χ1n) is 14.7. The maximum atomic E-state index is 14.3. The summed E-state index contributed by atoms with van der Waals surface area (Å²) in [5.41, 5.74) is 0.300. The monoisotopic (exact) mass is 539 g/mol. The Morgan fingerprint density at radius 2 is 1.59 bits per heavy atom. The van der Waals surface area contributed by atoms with E-state index in [0.29, 0.717) is 12.1 Å². The molecule has 39 heavy (non-hydrogen) atoms. The first-order chi connectivity index (χ1) is 18.8. The van der Waals surface area contributed by atoms with Crippen molar-refractivity contribution in [2.24, 2.45) is 17.8 Å². The zero-order chi connectivity index (χ0) is 27.1. The van der Waals surface area contributed by atoms with E-state index in [1.807, 2.05) is 0 Å². The zero-order valence-electron chi connectivity index (χ0n) is 22.4. The summed E-state index contributed by atoms with van der Waals surface area (Å²) >= 11 is 0. The molecule has 4 aliphatic carbocycles. The molecule has 1 saturated heterocycles. The number of unbranched alkanes of at least 4 members (excludes halogenated alkanes) is 4. The highest BCUT2D eigenvalue weighted by molar-refractivity contribution is 6.24. The molecule has 0 aromatic heterocycles. The fourth-order valence-electron chi connectivity index (χ4n) is 8.26. The standard InChI is InChI=1S/C30H38FN3O5/c31-21-13-22-26(29(38)34(28(22)37)23-6-7-25(35)33-27(23)36)24(14-21)39-9-5-3-1-2-4-8-32-30-15-18-10-19(16-30)12-20(11-18)17-30/h13-14,18-20,23,32H,1-12,15-17H2,(H,33,35,36). The van der Waals surface area contributed by atoms with Crippen molar-refractivity contribution in [2.45, 2.75) is 95.1 Å². The number of hydrogen-bond donors (Lipinski definition) is 2. The Labute approximate surface area is 228 Å². The first-order valence-corrected chi connectivity index (χ1v) is 14.7. The average Bonchev–Trinajstić information content (AvgIpc) is 3.11.